The Morgan fingerprint density at radius 3 is 2.41 bits per heavy atom. The van der Waals surface area contributed by atoms with Gasteiger partial charge < -0.3 is 9.84 Å². The van der Waals surface area contributed by atoms with Crippen LogP contribution >= 0.6 is 24.0 Å². The van der Waals surface area contributed by atoms with Gasteiger partial charge in [0, 0.05) is 24.9 Å². The van der Waals surface area contributed by atoms with E-state index in [1.165, 1.54) is 32.0 Å². The molecule has 0 aromatic heterocycles. The predicted molar refractivity (Wildman–Crippen MR) is 103 cm³/mol. The fourth-order valence-electron chi connectivity index (χ4n) is 2.16. The first-order valence-electron chi connectivity index (χ1n) is 7.65. The second-order valence-corrected chi connectivity index (χ2v) is 6.21. The molecule has 0 spiro atoms. The lowest BCUT2D eigenvalue weighted by atomic mass is 10.0. The monoisotopic (exact) mass is 420 g/mol. The van der Waals surface area contributed by atoms with Crippen LogP contribution in [0.1, 0.15) is 38.2 Å². The molecule has 0 saturated carbocycles. The van der Waals surface area contributed by atoms with Crippen LogP contribution in [-0.2, 0) is 6.42 Å². The first kappa shape index (κ1) is 21.2. The average molecular weight is 420 g/mol. The van der Waals surface area contributed by atoms with E-state index in [2.05, 4.69) is 39.1 Å². The van der Waals surface area contributed by atoms with Gasteiger partial charge in [-0.3, -0.25) is 9.48 Å². The molecule has 0 fully saturated rings. The van der Waals surface area contributed by atoms with E-state index in [1.807, 2.05) is 12.1 Å². The highest BCUT2D eigenvalue weighted by atomic mass is 127. The number of hydrogen-bond donors (Lipinski definition) is 0. The predicted octanol–water partition coefficient (Wildman–Crippen LogP) is 3.35. The first-order chi connectivity index (χ1) is 9.88. The van der Waals surface area contributed by atoms with Gasteiger partial charge >= 0.3 is 0 Å². The lowest BCUT2D eigenvalue weighted by molar-refractivity contribution is -0.240. The quantitative estimate of drug-likeness (QED) is 0.223. The summed E-state index contributed by atoms with van der Waals surface area (Å²) in [6.07, 6.45) is 5.17. The van der Waals surface area contributed by atoms with Crippen LogP contribution in [0, 0.1) is 0 Å². The molecule has 0 unspecified atom stereocenters. The number of aliphatic imine (C=N–C) groups is 1. The lowest BCUT2D eigenvalue weighted by Crippen LogP contribution is -2.34. The Bertz CT molecular complexity index is 482. The van der Waals surface area contributed by atoms with Crippen LogP contribution in [0.5, 0.6) is 5.75 Å². The molecular formula is C17H29IN2O2. The molecule has 126 valence electrons. The van der Waals surface area contributed by atoms with Gasteiger partial charge in [0.15, 0.2) is 0 Å². The molecule has 5 heteroatoms. The average Bonchev–Trinajstić information content (AvgIpc) is 2.43. The minimum atomic E-state index is -0.539. The van der Waals surface area contributed by atoms with E-state index < -0.39 is 6.08 Å². The Kier molecular flexibility index (Phi) is 9.67. The maximum atomic E-state index is 11.4. The maximum Gasteiger partial charge on any atom is 0.149 e. The number of ether oxygens (including phenoxy) is 1. The van der Waals surface area contributed by atoms with E-state index in [0.717, 1.165) is 22.9 Å². The molecule has 0 bridgehead atoms. The number of benzene rings is 1. The fraction of sp³-hybridized carbons (Fsp3) is 0.588. The largest absolute Gasteiger partial charge is 0.566 e. The van der Waals surface area contributed by atoms with Gasteiger partial charge in [-0.1, -0.05) is 26.2 Å². The van der Waals surface area contributed by atoms with E-state index in [9.17, 15) is 5.11 Å². The third kappa shape index (κ3) is 6.96. The van der Waals surface area contributed by atoms with Crippen LogP contribution in [0.25, 0.3) is 0 Å². The fourth-order valence-corrected chi connectivity index (χ4v) is 2.16. The smallest absolute Gasteiger partial charge is 0.149 e. The molecule has 0 aliphatic carbocycles. The van der Waals surface area contributed by atoms with Crippen molar-refractivity contribution in [2.24, 2.45) is 4.99 Å². The van der Waals surface area contributed by atoms with Crippen molar-refractivity contribution in [2.75, 3.05) is 28.2 Å². The second-order valence-electron chi connectivity index (χ2n) is 6.21. The molecule has 22 heavy (non-hydrogen) atoms. The number of halogens is 1. The number of quaternary nitrogens is 1. The van der Waals surface area contributed by atoms with Gasteiger partial charge in [-0.05, 0) is 24.5 Å². The molecule has 0 aliphatic rings. The number of unbranched alkanes of at least 4 members (excludes halogenated alkanes) is 3. The summed E-state index contributed by atoms with van der Waals surface area (Å²) in [7, 11) is 7.83. The maximum absolute atomic E-state index is 11.4. The van der Waals surface area contributed by atoms with Gasteiger partial charge in [-0.2, -0.15) is 0 Å². The summed E-state index contributed by atoms with van der Waals surface area (Å²) in [5, 5.41) is 11.4. The van der Waals surface area contributed by atoms with Crippen LogP contribution in [0.15, 0.2) is 23.2 Å². The van der Waals surface area contributed by atoms with E-state index in [0.29, 0.717) is 5.75 Å². The van der Waals surface area contributed by atoms with Crippen molar-refractivity contribution in [3.05, 3.63) is 23.8 Å². The van der Waals surface area contributed by atoms with Gasteiger partial charge in [-0.25, -0.2) is 0 Å². The molecule has 0 radical (unpaired) electrons. The summed E-state index contributed by atoms with van der Waals surface area (Å²) in [6, 6.07) is 6.04. The summed E-state index contributed by atoms with van der Waals surface area (Å²) in [5.74, 6) is 0.638. The standard InChI is InChI=1S/C17H28N2O2.HI/c1-6-7-8-9-10-14-13-15(19(3,4)5)11-12-16(14)21-17(20)18-2;/h11-13H,6-10H2,1-5H3;1H. The van der Waals surface area contributed by atoms with Crippen LogP contribution < -0.4 is 14.3 Å². The van der Waals surface area contributed by atoms with E-state index in [1.54, 1.807) is 0 Å². The van der Waals surface area contributed by atoms with Gasteiger partial charge in [0.1, 0.15) is 11.8 Å². The van der Waals surface area contributed by atoms with Gasteiger partial charge in [0.25, 0.3) is 0 Å². The van der Waals surface area contributed by atoms with Crippen molar-refractivity contribution in [3.63, 3.8) is 0 Å². The summed E-state index contributed by atoms with van der Waals surface area (Å²) in [6.45, 7) is 2.20. The lowest BCUT2D eigenvalue weighted by Gasteiger charge is -2.26. The zero-order chi connectivity index (χ0) is 15.9. The zero-order valence-electron chi connectivity index (χ0n) is 14.4. The SMILES string of the molecule is CCCCCCc1cc([N+](C)(C)C)ccc1OC([O-])=NC.I. The second kappa shape index (κ2) is 10.0. The Morgan fingerprint density at radius 2 is 1.86 bits per heavy atom. The highest BCUT2D eigenvalue weighted by Crippen LogP contribution is 2.28. The highest BCUT2D eigenvalue weighted by Gasteiger charge is 2.14. The Balaban J connectivity index is 0.00000441. The molecule has 4 nitrogen and oxygen atoms in total. The molecule has 1 aromatic rings. The summed E-state index contributed by atoms with van der Waals surface area (Å²) >= 11 is 0. The minimum Gasteiger partial charge on any atom is -0.566 e. The van der Waals surface area contributed by atoms with E-state index in [-0.39, 0.29) is 24.0 Å². The minimum absolute atomic E-state index is 0. The number of rotatable bonds is 7. The highest BCUT2D eigenvalue weighted by molar-refractivity contribution is 14.0. The van der Waals surface area contributed by atoms with Crippen molar-refractivity contribution in [3.8, 4) is 5.75 Å². The molecule has 0 amide bonds. The molecule has 0 N–H and O–H groups in total. The summed E-state index contributed by atoms with van der Waals surface area (Å²) < 4.78 is 6.05. The van der Waals surface area contributed by atoms with Crippen LogP contribution in [0.4, 0.5) is 5.69 Å². The molecule has 0 saturated heterocycles. The third-order valence-electron chi connectivity index (χ3n) is 3.50. The molecule has 0 heterocycles. The van der Waals surface area contributed by atoms with Crippen molar-refractivity contribution in [1.82, 2.24) is 4.48 Å². The van der Waals surface area contributed by atoms with Crippen LogP contribution in [0.3, 0.4) is 0 Å². The molecule has 1 rings (SSSR count). The van der Waals surface area contributed by atoms with Crippen molar-refractivity contribution >= 4 is 35.7 Å². The van der Waals surface area contributed by atoms with Crippen LogP contribution in [-0.4, -0.2) is 34.3 Å². The van der Waals surface area contributed by atoms with Crippen molar-refractivity contribution in [2.45, 2.75) is 39.0 Å². The van der Waals surface area contributed by atoms with E-state index >= 15 is 0 Å². The number of nitrogens with zero attached hydrogens (tertiary/aromatic N) is 2. The number of aryl methyl sites for hydroxylation is 1. The van der Waals surface area contributed by atoms with Crippen LogP contribution in [0.2, 0.25) is 0 Å². The third-order valence-corrected chi connectivity index (χ3v) is 3.50. The topological polar surface area (TPSA) is 44.6 Å². The summed E-state index contributed by atoms with van der Waals surface area (Å²) in [4.78, 5) is 3.54. The summed E-state index contributed by atoms with van der Waals surface area (Å²) in [5.41, 5.74) is 2.29. The molecule has 1 aromatic carbocycles. The van der Waals surface area contributed by atoms with E-state index in [4.69, 9.17) is 4.74 Å². The zero-order valence-corrected chi connectivity index (χ0v) is 16.7. The Morgan fingerprint density at radius 1 is 1.18 bits per heavy atom. The van der Waals surface area contributed by atoms with Gasteiger partial charge in [-0.15, -0.1) is 24.0 Å². The molecular weight excluding hydrogens is 391 g/mol. The molecule has 0 aliphatic heterocycles. The van der Waals surface area contributed by atoms with Gasteiger partial charge in [0.05, 0.1) is 21.1 Å². The number of hydrogen-bond acceptors (Lipinski definition) is 3. The van der Waals surface area contributed by atoms with Gasteiger partial charge in [0.2, 0.25) is 0 Å². The van der Waals surface area contributed by atoms with Crippen molar-refractivity contribution < 1.29 is 9.84 Å². The Labute approximate surface area is 151 Å². The normalized spacial score (nSPS) is 12.0. The Hall–Kier alpha value is -0.820. The van der Waals surface area contributed by atoms with Crippen molar-refractivity contribution in [1.29, 1.82) is 0 Å². The first-order valence-corrected chi connectivity index (χ1v) is 7.65. The molecule has 0 atom stereocenters.